The number of hydrogen-bond donors (Lipinski definition) is 1. The lowest BCUT2D eigenvalue weighted by Crippen LogP contribution is -2.37. The Morgan fingerprint density at radius 1 is 0.344 bits per heavy atom. The number of quaternary nitrogens is 1. The van der Waals surface area contributed by atoms with E-state index in [4.69, 9.17) is 18.5 Å². The molecule has 0 saturated heterocycles. The third kappa shape index (κ3) is 74.5. The number of phosphoric acid groups is 1. The van der Waals surface area contributed by atoms with E-state index >= 15 is 0 Å². The summed E-state index contributed by atoms with van der Waals surface area (Å²) in [6, 6.07) is 0. The number of carbonyl (C=O) groups is 2. The molecule has 1 N–H and O–H groups in total. The Bertz CT molecular complexity index is 1750. The molecule has 0 bridgehead atoms. The standard InChI is InChI=1S/C80H148NO8P/c1-6-8-10-12-14-16-18-20-22-24-26-28-30-32-34-36-37-38-39-40-41-42-43-45-47-49-51-53-55-57-59-61-63-65-67-69-71-73-80(83)89-78(77-88-90(84,85)87-75-74-81(3,4)5)76-86-79(82)72-70-68-66-64-62-60-58-56-54-52-50-48-46-44-35-33-31-29-27-25-23-21-19-17-15-13-11-9-7-2/h18-21,24-27,30-33,78H,6-17,22-23,28-29,34-77H2,1-5H3/p+1/b20-18-,21-19-,26-24-,27-25-,32-30-,33-31-. The maximum absolute atomic E-state index is 12.9. The summed E-state index contributed by atoms with van der Waals surface area (Å²) in [5.74, 6) is -0.781. The van der Waals surface area contributed by atoms with Crippen molar-refractivity contribution in [1.82, 2.24) is 0 Å². The van der Waals surface area contributed by atoms with Crippen molar-refractivity contribution < 1.29 is 42.1 Å². The minimum absolute atomic E-state index is 0.0321. The van der Waals surface area contributed by atoms with Gasteiger partial charge in [-0.05, 0) is 89.9 Å². The van der Waals surface area contributed by atoms with Gasteiger partial charge in [-0.3, -0.25) is 18.6 Å². The first-order valence-electron chi connectivity index (χ1n) is 38.7. The van der Waals surface area contributed by atoms with Gasteiger partial charge < -0.3 is 18.9 Å². The molecule has 90 heavy (non-hydrogen) atoms. The summed E-state index contributed by atoms with van der Waals surface area (Å²) >= 11 is 0. The average Bonchev–Trinajstić information content (AvgIpc) is 3.58. The molecule has 2 atom stereocenters. The number of hydrogen-bond acceptors (Lipinski definition) is 7. The second-order valence-corrected chi connectivity index (χ2v) is 28.8. The van der Waals surface area contributed by atoms with Crippen molar-refractivity contribution in [2.75, 3.05) is 47.5 Å². The number of unbranched alkanes of at least 4 members (excludes halogenated alkanes) is 46. The van der Waals surface area contributed by atoms with Crippen molar-refractivity contribution in [2.45, 2.75) is 380 Å². The third-order valence-corrected chi connectivity index (χ3v) is 18.2. The molecular formula is C80H149NO8P+. The number of nitrogens with zero attached hydrogens (tertiary/aromatic N) is 1. The predicted molar refractivity (Wildman–Crippen MR) is 390 cm³/mol. The fourth-order valence-electron chi connectivity index (χ4n) is 11.3. The SMILES string of the molecule is CCCCCCC/C=C\C/C=C\C/C=C\CCCCCCCCCCCCCCCCCCCCCCCCC(=O)OC(COC(=O)CCCCCCCCCCCCCCCC/C=C\C/C=C\C/C=C\CCCCCCC)COP(=O)(O)OCC[N+](C)(C)C. The van der Waals surface area contributed by atoms with E-state index in [1.165, 1.54) is 283 Å². The zero-order valence-corrected chi connectivity index (χ0v) is 61.0. The van der Waals surface area contributed by atoms with E-state index in [0.29, 0.717) is 17.4 Å². The summed E-state index contributed by atoms with van der Waals surface area (Å²) in [4.78, 5) is 36.0. The smallest absolute Gasteiger partial charge is 0.462 e. The largest absolute Gasteiger partial charge is 0.472 e. The van der Waals surface area contributed by atoms with Gasteiger partial charge >= 0.3 is 19.8 Å². The van der Waals surface area contributed by atoms with Crippen LogP contribution in [0, 0.1) is 0 Å². The van der Waals surface area contributed by atoms with Crippen LogP contribution in [0.2, 0.25) is 0 Å². The van der Waals surface area contributed by atoms with Crippen LogP contribution in [0.4, 0.5) is 0 Å². The Labute approximate surface area is 559 Å². The van der Waals surface area contributed by atoms with Crippen molar-refractivity contribution in [3.05, 3.63) is 72.9 Å². The lowest BCUT2D eigenvalue weighted by atomic mass is 10.0. The number of ether oxygens (including phenoxy) is 2. The molecule has 2 unspecified atom stereocenters. The Hall–Kier alpha value is -2.55. The Balaban J connectivity index is 3.96. The maximum atomic E-state index is 12.9. The monoisotopic (exact) mass is 1280 g/mol. The molecule has 9 nitrogen and oxygen atoms in total. The molecule has 0 aliphatic carbocycles. The molecule has 0 aromatic heterocycles. The lowest BCUT2D eigenvalue weighted by Gasteiger charge is -2.24. The van der Waals surface area contributed by atoms with Crippen LogP contribution >= 0.6 is 7.82 Å². The highest BCUT2D eigenvalue weighted by atomic mass is 31.2. The van der Waals surface area contributed by atoms with Gasteiger partial charge in [-0.1, -0.05) is 344 Å². The molecule has 0 amide bonds. The topological polar surface area (TPSA) is 108 Å². The Morgan fingerprint density at radius 3 is 0.889 bits per heavy atom. The van der Waals surface area contributed by atoms with Crippen molar-refractivity contribution in [3.8, 4) is 0 Å². The highest BCUT2D eigenvalue weighted by molar-refractivity contribution is 7.47. The molecule has 0 aromatic carbocycles. The van der Waals surface area contributed by atoms with Gasteiger partial charge in [-0.25, -0.2) is 4.57 Å². The quantitative estimate of drug-likeness (QED) is 0.0211. The number of rotatable bonds is 72. The normalized spacial score (nSPS) is 13.4. The van der Waals surface area contributed by atoms with E-state index in [9.17, 15) is 19.0 Å². The van der Waals surface area contributed by atoms with E-state index in [1.54, 1.807) is 0 Å². The molecule has 0 rings (SSSR count). The van der Waals surface area contributed by atoms with E-state index in [-0.39, 0.29) is 32.0 Å². The van der Waals surface area contributed by atoms with Crippen molar-refractivity contribution in [2.24, 2.45) is 0 Å². The maximum Gasteiger partial charge on any atom is 0.472 e. The average molecular weight is 1280 g/mol. The van der Waals surface area contributed by atoms with Gasteiger partial charge in [0.2, 0.25) is 0 Å². The fourth-order valence-corrected chi connectivity index (χ4v) is 12.0. The van der Waals surface area contributed by atoms with Gasteiger partial charge in [0.1, 0.15) is 19.8 Å². The van der Waals surface area contributed by atoms with Crippen LogP contribution in [0.3, 0.4) is 0 Å². The summed E-state index contributed by atoms with van der Waals surface area (Å²) in [6.07, 6.45) is 96.0. The van der Waals surface area contributed by atoms with Crippen molar-refractivity contribution >= 4 is 19.8 Å². The molecule has 0 radical (unpaired) electrons. The summed E-state index contributed by atoms with van der Waals surface area (Å²) < 4.78 is 34.8. The van der Waals surface area contributed by atoms with Gasteiger partial charge in [-0.2, -0.15) is 0 Å². The predicted octanol–water partition coefficient (Wildman–Crippen LogP) is 25.5. The van der Waals surface area contributed by atoms with Gasteiger partial charge in [0.25, 0.3) is 0 Å². The van der Waals surface area contributed by atoms with Crippen LogP contribution in [0.1, 0.15) is 373 Å². The van der Waals surface area contributed by atoms with Crippen LogP contribution < -0.4 is 0 Å². The van der Waals surface area contributed by atoms with E-state index in [0.717, 1.165) is 57.8 Å². The minimum atomic E-state index is -4.40. The first-order chi connectivity index (χ1) is 44.0. The van der Waals surface area contributed by atoms with Crippen molar-refractivity contribution in [1.29, 1.82) is 0 Å². The minimum Gasteiger partial charge on any atom is -0.462 e. The highest BCUT2D eigenvalue weighted by Crippen LogP contribution is 2.43. The molecule has 0 fully saturated rings. The third-order valence-electron chi connectivity index (χ3n) is 17.2. The molecule has 10 heteroatoms. The summed E-state index contributed by atoms with van der Waals surface area (Å²) in [5, 5.41) is 0. The van der Waals surface area contributed by atoms with Gasteiger partial charge in [0.15, 0.2) is 6.10 Å². The lowest BCUT2D eigenvalue weighted by molar-refractivity contribution is -0.870. The Kier molecular flexibility index (Phi) is 68.8. The number of likely N-dealkylation sites (N-methyl/N-ethyl adjacent to an activating group) is 1. The number of allylic oxidation sites excluding steroid dienone is 12. The van der Waals surface area contributed by atoms with E-state index in [2.05, 4.69) is 86.8 Å². The van der Waals surface area contributed by atoms with Gasteiger partial charge in [0.05, 0.1) is 27.7 Å². The summed E-state index contributed by atoms with van der Waals surface area (Å²) in [6.45, 7) is 4.46. The molecule has 0 aliphatic rings. The fraction of sp³-hybridized carbons (Fsp3) is 0.825. The summed E-state index contributed by atoms with van der Waals surface area (Å²) in [7, 11) is 1.49. The van der Waals surface area contributed by atoms with Crippen LogP contribution in [0.25, 0.3) is 0 Å². The summed E-state index contributed by atoms with van der Waals surface area (Å²) in [5.41, 5.74) is 0. The molecule has 0 spiro atoms. The van der Waals surface area contributed by atoms with Gasteiger partial charge in [0, 0.05) is 12.8 Å². The second kappa shape index (κ2) is 70.8. The molecule has 0 saturated carbocycles. The highest BCUT2D eigenvalue weighted by Gasteiger charge is 2.27. The van der Waals surface area contributed by atoms with Crippen LogP contribution in [0.5, 0.6) is 0 Å². The number of esters is 2. The number of carbonyl (C=O) groups excluding carboxylic acids is 2. The molecule has 0 aliphatic heterocycles. The first-order valence-corrected chi connectivity index (χ1v) is 40.2. The van der Waals surface area contributed by atoms with E-state index < -0.39 is 26.5 Å². The number of phosphoric ester groups is 1. The first kappa shape index (κ1) is 87.5. The zero-order valence-electron chi connectivity index (χ0n) is 60.1. The molecule has 526 valence electrons. The van der Waals surface area contributed by atoms with Crippen LogP contribution in [-0.2, 0) is 32.7 Å². The molecule has 0 heterocycles. The van der Waals surface area contributed by atoms with Crippen molar-refractivity contribution in [3.63, 3.8) is 0 Å². The van der Waals surface area contributed by atoms with Gasteiger partial charge in [-0.15, -0.1) is 0 Å². The molecular weight excluding hydrogens is 1130 g/mol. The zero-order chi connectivity index (χ0) is 65.5. The second-order valence-electron chi connectivity index (χ2n) is 27.4. The Morgan fingerprint density at radius 2 is 0.600 bits per heavy atom. The van der Waals surface area contributed by atoms with E-state index in [1.807, 2.05) is 21.1 Å². The van der Waals surface area contributed by atoms with Crippen LogP contribution in [0.15, 0.2) is 72.9 Å². The molecule has 0 aromatic rings. The van der Waals surface area contributed by atoms with Crippen LogP contribution in [-0.4, -0.2) is 74.9 Å².